The van der Waals surface area contributed by atoms with Crippen LogP contribution in [-0.4, -0.2) is 73.0 Å². The van der Waals surface area contributed by atoms with E-state index in [0.29, 0.717) is 24.8 Å². The number of hydrogen-bond acceptors (Lipinski definition) is 5. The number of halogens is 1. The molecule has 1 rings (SSSR count). The third-order valence-electron chi connectivity index (χ3n) is 3.66. The van der Waals surface area contributed by atoms with Crippen LogP contribution in [0.5, 0.6) is 0 Å². The third kappa shape index (κ3) is 13.2. The number of nitrogens with zero attached hydrogens (tertiary/aromatic N) is 1. The molecule has 0 atom stereocenters. The highest BCUT2D eigenvalue weighted by Gasteiger charge is 2.13. The number of rotatable bonds is 10. The molecule has 1 fully saturated rings. The highest BCUT2D eigenvalue weighted by atomic mass is 127. The van der Waals surface area contributed by atoms with Gasteiger partial charge in [0.2, 0.25) is 0 Å². The molecule has 24 heavy (non-hydrogen) atoms. The van der Waals surface area contributed by atoms with Crippen molar-refractivity contribution in [3.8, 4) is 0 Å². The molecule has 0 amide bonds. The van der Waals surface area contributed by atoms with E-state index in [1.165, 1.54) is 6.26 Å². The van der Waals surface area contributed by atoms with Gasteiger partial charge in [-0.05, 0) is 31.6 Å². The summed E-state index contributed by atoms with van der Waals surface area (Å²) in [4.78, 5) is 4.10. The number of aliphatic imine (C=N–C) groups is 1. The molecule has 0 saturated carbocycles. The zero-order chi connectivity index (χ0) is 17.0. The van der Waals surface area contributed by atoms with Gasteiger partial charge in [-0.1, -0.05) is 0 Å². The Morgan fingerprint density at radius 2 is 1.83 bits per heavy atom. The second-order valence-corrected chi connectivity index (χ2v) is 8.15. The summed E-state index contributed by atoms with van der Waals surface area (Å²) >= 11 is 0. The SMILES string of the molecule is CN=C(NCCCOCC1CCOCC1)NCCCS(C)(=O)=O.I. The Labute approximate surface area is 163 Å². The van der Waals surface area contributed by atoms with Crippen molar-refractivity contribution in [1.82, 2.24) is 10.6 Å². The minimum Gasteiger partial charge on any atom is -0.381 e. The molecular formula is C15H32IN3O4S. The molecule has 1 saturated heterocycles. The Morgan fingerprint density at radius 1 is 1.21 bits per heavy atom. The lowest BCUT2D eigenvalue weighted by molar-refractivity contribution is 0.0203. The summed E-state index contributed by atoms with van der Waals surface area (Å²) in [5, 5.41) is 6.30. The van der Waals surface area contributed by atoms with Gasteiger partial charge in [0.1, 0.15) is 9.84 Å². The standard InChI is InChI=1S/C15H31N3O4S.HI/c1-16-15(18-8-4-12-23(2,19)20)17-7-3-9-22-13-14-5-10-21-11-6-14;/h14H,3-13H2,1-2H3,(H2,16,17,18);1H. The molecule has 7 nitrogen and oxygen atoms in total. The van der Waals surface area contributed by atoms with Crippen LogP contribution in [0.25, 0.3) is 0 Å². The second-order valence-electron chi connectivity index (χ2n) is 5.89. The summed E-state index contributed by atoms with van der Waals surface area (Å²) in [7, 11) is -1.19. The largest absolute Gasteiger partial charge is 0.381 e. The summed E-state index contributed by atoms with van der Waals surface area (Å²) in [6.45, 7) is 4.64. The third-order valence-corrected chi connectivity index (χ3v) is 4.69. The molecule has 144 valence electrons. The summed E-state index contributed by atoms with van der Waals surface area (Å²) in [5.74, 6) is 1.53. The van der Waals surface area contributed by atoms with Crippen LogP contribution in [0.3, 0.4) is 0 Å². The quantitative estimate of drug-likeness (QED) is 0.212. The minimum absolute atomic E-state index is 0. The van der Waals surface area contributed by atoms with E-state index < -0.39 is 9.84 Å². The van der Waals surface area contributed by atoms with E-state index in [1.54, 1.807) is 7.05 Å². The van der Waals surface area contributed by atoms with E-state index in [1.807, 2.05) is 0 Å². The molecule has 1 aliphatic heterocycles. The topological polar surface area (TPSA) is 89.0 Å². The Hall–Kier alpha value is -0.130. The predicted molar refractivity (Wildman–Crippen MR) is 108 cm³/mol. The fourth-order valence-electron chi connectivity index (χ4n) is 2.31. The first-order valence-corrected chi connectivity index (χ1v) is 10.3. The average Bonchev–Trinajstić information content (AvgIpc) is 2.52. The fourth-order valence-corrected chi connectivity index (χ4v) is 2.97. The lowest BCUT2D eigenvalue weighted by atomic mass is 10.0. The van der Waals surface area contributed by atoms with E-state index in [2.05, 4.69) is 15.6 Å². The maximum Gasteiger partial charge on any atom is 0.190 e. The molecule has 0 radical (unpaired) electrons. The van der Waals surface area contributed by atoms with Crippen LogP contribution in [0, 0.1) is 5.92 Å². The fraction of sp³-hybridized carbons (Fsp3) is 0.933. The van der Waals surface area contributed by atoms with Gasteiger partial charge in [-0.3, -0.25) is 4.99 Å². The van der Waals surface area contributed by atoms with Crippen molar-refractivity contribution in [3.63, 3.8) is 0 Å². The summed E-state index contributed by atoms with van der Waals surface area (Å²) in [6, 6.07) is 0. The van der Waals surface area contributed by atoms with Gasteiger partial charge in [-0.25, -0.2) is 8.42 Å². The smallest absolute Gasteiger partial charge is 0.190 e. The molecule has 0 spiro atoms. The van der Waals surface area contributed by atoms with Crippen molar-refractivity contribution in [1.29, 1.82) is 0 Å². The number of hydrogen-bond donors (Lipinski definition) is 2. The van der Waals surface area contributed by atoms with E-state index in [4.69, 9.17) is 9.47 Å². The molecule has 0 unspecified atom stereocenters. The summed E-state index contributed by atoms with van der Waals surface area (Å²) in [5.41, 5.74) is 0. The monoisotopic (exact) mass is 477 g/mol. The van der Waals surface area contributed by atoms with Gasteiger partial charge in [-0.15, -0.1) is 24.0 Å². The van der Waals surface area contributed by atoms with Crippen LogP contribution < -0.4 is 10.6 Å². The number of sulfone groups is 1. The molecule has 0 aromatic heterocycles. The average molecular weight is 477 g/mol. The van der Waals surface area contributed by atoms with Gasteiger partial charge in [0.15, 0.2) is 5.96 Å². The Kier molecular flexibility index (Phi) is 14.0. The van der Waals surface area contributed by atoms with Crippen molar-refractivity contribution < 1.29 is 17.9 Å². The van der Waals surface area contributed by atoms with E-state index in [9.17, 15) is 8.42 Å². The Morgan fingerprint density at radius 3 is 2.42 bits per heavy atom. The molecule has 1 heterocycles. The lowest BCUT2D eigenvalue weighted by Gasteiger charge is -2.21. The number of guanidine groups is 1. The Balaban J connectivity index is 0.00000529. The van der Waals surface area contributed by atoms with E-state index >= 15 is 0 Å². The molecule has 1 aliphatic rings. The summed E-state index contributed by atoms with van der Waals surface area (Å²) in [6.07, 6.45) is 4.94. The first kappa shape index (κ1) is 23.9. The van der Waals surface area contributed by atoms with Gasteiger partial charge in [-0.2, -0.15) is 0 Å². The van der Waals surface area contributed by atoms with Crippen molar-refractivity contribution in [2.75, 3.05) is 58.6 Å². The molecular weight excluding hydrogens is 445 g/mol. The van der Waals surface area contributed by atoms with Gasteiger partial charge in [0.25, 0.3) is 0 Å². The van der Waals surface area contributed by atoms with E-state index in [-0.39, 0.29) is 29.7 Å². The Bertz CT molecular complexity index is 440. The van der Waals surface area contributed by atoms with Crippen LogP contribution in [-0.2, 0) is 19.3 Å². The maximum absolute atomic E-state index is 11.0. The number of nitrogens with one attached hydrogen (secondary N) is 2. The summed E-state index contributed by atoms with van der Waals surface area (Å²) < 4.78 is 33.1. The van der Waals surface area contributed by atoms with Crippen molar-refractivity contribution in [2.24, 2.45) is 10.9 Å². The second kappa shape index (κ2) is 14.1. The highest BCUT2D eigenvalue weighted by molar-refractivity contribution is 14.0. The molecule has 0 aromatic rings. The van der Waals surface area contributed by atoms with Gasteiger partial charge in [0, 0.05) is 52.8 Å². The van der Waals surface area contributed by atoms with Crippen LogP contribution >= 0.6 is 24.0 Å². The lowest BCUT2D eigenvalue weighted by Crippen LogP contribution is -2.38. The van der Waals surface area contributed by atoms with Crippen LogP contribution in [0.1, 0.15) is 25.7 Å². The first-order valence-electron chi connectivity index (χ1n) is 8.29. The predicted octanol–water partition coefficient (Wildman–Crippen LogP) is 1.04. The van der Waals surface area contributed by atoms with Crippen molar-refractivity contribution in [2.45, 2.75) is 25.7 Å². The molecule has 0 aromatic carbocycles. The van der Waals surface area contributed by atoms with Crippen LogP contribution in [0.4, 0.5) is 0 Å². The van der Waals surface area contributed by atoms with Crippen molar-refractivity contribution in [3.05, 3.63) is 0 Å². The molecule has 9 heteroatoms. The zero-order valence-corrected chi connectivity index (χ0v) is 17.9. The normalized spacial score (nSPS) is 16.5. The zero-order valence-electron chi connectivity index (χ0n) is 14.8. The molecule has 0 bridgehead atoms. The van der Waals surface area contributed by atoms with Gasteiger partial charge < -0.3 is 20.1 Å². The molecule has 0 aliphatic carbocycles. The minimum atomic E-state index is -2.89. The van der Waals surface area contributed by atoms with Crippen LogP contribution in [0.2, 0.25) is 0 Å². The van der Waals surface area contributed by atoms with Gasteiger partial charge >= 0.3 is 0 Å². The van der Waals surface area contributed by atoms with Crippen molar-refractivity contribution >= 4 is 39.8 Å². The first-order chi connectivity index (χ1) is 11.0. The van der Waals surface area contributed by atoms with E-state index in [0.717, 1.165) is 52.2 Å². The maximum atomic E-state index is 11.0. The van der Waals surface area contributed by atoms with Gasteiger partial charge in [0.05, 0.1) is 5.75 Å². The highest BCUT2D eigenvalue weighted by Crippen LogP contribution is 2.14. The number of ether oxygens (including phenoxy) is 2. The van der Waals surface area contributed by atoms with Crippen LogP contribution in [0.15, 0.2) is 4.99 Å². The molecule has 2 N–H and O–H groups in total.